The fraction of sp³-hybridized carbons (Fsp3) is 0. The van der Waals surface area contributed by atoms with Gasteiger partial charge < -0.3 is 4.42 Å². The Kier molecular flexibility index (Phi) is 3.91. The molecule has 7 aromatic rings. The van der Waals surface area contributed by atoms with Crippen molar-refractivity contribution >= 4 is 43.5 Å². The van der Waals surface area contributed by atoms with Crippen molar-refractivity contribution in [3.05, 3.63) is 121 Å². The molecule has 1 heterocycles. The molecule has 154 valence electrons. The van der Waals surface area contributed by atoms with Crippen LogP contribution >= 0.6 is 0 Å². The van der Waals surface area contributed by atoms with Crippen molar-refractivity contribution in [2.24, 2.45) is 0 Å². The second-order valence-corrected chi connectivity index (χ2v) is 8.58. The third-order valence-corrected chi connectivity index (χ3v) is 6.65. The van der Waals surface area contributed by atoms with Gasteiger partial charge in [-0.05, 0) is 74.1 Å². The first-order valence-electron chi connectivity index (χ1n) is 11.3. The number of benzene rings is 6. The van der Waals surface area contributed by atoms with Crippen molar-refractivity contribution in [3.63, 3.8) is 0 Å². The van der Waals surface area contributed by atoms with E-state index in [1.165, 1.54) is 43.8 Å². The summed E-state index contributed by atoms with van der Waals surface area (Å²) in [5.74, 6) is 0. The van der Waals surface area contributed by atoms with Crippen molar-refractivity contribution in [1.82, 2.24) is 0 Å². The molecule has 0 aliphatic rings. The Bertz CT molecular complexity index is 1820. The highest BCUT2D eigenvalue weighted by atomic mass is 16.3. The van der Waals surface area contributed by atoms with Gasteiger partial charge >= 0.3 is 0 Å². The smallest absolute Gasteiger partial charge is 0.135 e. The number of hydrogen-bond donors (Lipinski definition) is 0. The summed E-state index contributed by atoms with van der Waals surface area (Å²) in [6.45, 7) is 0. The molecule has 0 unspecified atom stereocenters. The largest absolute Gasteiger partial charge is 0.456 e. The van der Waals surface area contributed by atoms with E-state index in [1.807, 2.05) is 12.1 Å². The van der Waals surface area contributed by atoms with Gasteiger partial charge in [-0.25, -0.2) is 0 Å². The zero-order valence-electron chi connectivity index (χ0n) is 18.0. The quantitative estimate of drug-likeness (QED) is 0.254. The minimum Gasteiger partial charge on any atom is -0.456 e. The third kappa shape index (κ3) is 2.86. The van der Waals surface area contributed by atoms with Gasteiger partial charge in [0, 0.05) is 10.8 Å². The lowest BCUT2D eigenvalue weighted by atomic mass is 9.91. The number of fused-ring (bicyclic) bond motifs is 6. The van der Waals surface area contributed by atoms with Gasteiger partial charge in [0.15, 0.2) is 0 Å². The van der Waals surface area contributed by atoms with Gasteiger partial charge in [0.05, 0.1) is 0 Å². The first kappa shape index (κ1) is 18.2. The van der Waals surface area contributed by atoms with Gasteiger partial charge in [-0.3, -0.25) is 0 Å². The molecule has 1 heteroatoms. The SMILES string of the molecule is c1cc(-c2ccc3oc4ccccc4c3c2)cc(-c2cc3ccccc3c3ccccc23)c1. The lowest BCUT2D eigenvalue weighted by molar-refractivity contribution is 0.669. The van der Waals surface area contributed by atoms with Crippen LogP contribution in [0, 0.1) is 0 Å². The topological polar surface area (TPSA) is 13.1 Å². The summed E-state index contributed by atoms with van der Waals surface area (Å²) < 4.78 is 6.03. The van der Waals surface area contributed by atoms with Gasteiger partial charge in [-0.2, -0.15) is 0 Å². The Hall–Kier alpha value is -4.36. The van der Waals surface area contributed by atoms with Crippen molar-refractivity contribution in [2.75, 3.05) is 0 Å². The van der Waals surface area contributed by atoms with Crippen LogP contribution in [0.4, 0.5) is 0 Å². The first-order valence-corrected chi connectivity index (χ1v) is 11.3. The van der Waals surface area contributed by atoms with E-state index in [0.717, 1.165) is 21.9 Å². The summed E-state index contributed by atoms with van der Waals surface area (Å²) in [5, 5.41) is 7.45. The Morgan fingerprint density at radius 2 is 1.03 bits per heavy atom. The Balaban J connectivity index is 1.44. The molecule has 0 radical (unpaired) electrons. The van der Waals surface area contributed by atoms with E-state index in [1.54, 1.807) is 0 Å². The molecule has 7 rings (SSSR count). The molecule has 0 saturated heterocycles. The van der Waals surface area contributed by atoms with Crippen LogP contribution in [-0.4, -0.2) is 0 Å². The van der Waals surface area contributed by atoms with Crippen LogP contribution in [0.3, 0.4) is 0 Å². The monoisotopic (exact) mass is 420 g/mol. The van der Waals surface area contributed by atoms with Crippen molar-refractivity contribution in [1.29, 1.82) is 0 Å². The molecular weight excluding hydrogens is 400 g/mol. The number of furan rings is 1. The molecule has 0 aliphatic heterocycles. The lowest BCUT2D eigenvalue weighted by Gasteiger charge is -2.12. The van der Waals surface area contributed by atoms with Crippen molar-refractivity contribution in [3.8, 4) is 22.3 Å². The molecule has 0 N–H and O–H groups in total. The van der Waals surface area contributed by atoms with E-state index >= 15 is 0 Å². The average molecular weight is 421 g/mol. The molecule has 1 aromatic heterocycles. The minimum absolute atomic E-state index is 0.927. The number of rotatable bonds is 2. The zero-order valence-corrected chi connectivity index (χ0v) is 18.0. The van der Waals surface area contributed by atoms with Gasteiger partial charge in [-0.15, -0.1) is 0 Å². The molecule has 0 bridgehead atoms. The molecule has 33 heavy (non-hydrogen) atoms. The fourth-order valence-corrected chi connectivity index (χ4v) is 5.07. The van der Waals surface area contributed by atoms with Gasteiger partial charge in [0.25, 0.3) is 0 Å². The van der Waals surface area contributed by atoms with E-state index in [9.17, 15) is 0 Å². The van der Waals surface area contributed by atoms with E-state index in [2.05, 4.69) is 109 Å². The molecule has 0 amide bonds. The summed E-state index contributed by atoms with van der Waals surface area (Å²) in [6.07, 6.45) is 0. The highest BCUT2D eigenvalue weighted by molar-refractivity contribution is 6.14. The van der Waals surface area contributed by atoms with Gasteiger partial charge in [0.2, 0.25) is 0 Å². The standard InChI is InChI=1S/C32H20O/c1-2-11-25-24(8-1)20-29(27-13-4-3-12-26(25)27)23-10-7-9-21(18-23)22-16-17-32-30(19-22)28-14-5-6-15-31(28)33-32/h1-20H. The summed E-state index contributed by atoms with van der Waals surface area (Å²) in [4.78, 5) is 0. The molecular formula is C32H20O. The lowest BCUT2D eigenvalue weighted by Crippen LogP contribution is -1.86. The number of para-hydroxylation sites is 1. The van der Waals surface area contributed by atoms with Crippen LogP contribution in [0.1, 0.15) is 0 Å². The molecule has 0 saturated carbocycles. The molecule has 1 nitrogen and oxygen atoms in total. The second kappa shape index (κ2) is 7.08. The predicted octanol–water partition coefficient (Wildman–Crippen LogP) is 9.23. The Labute approximate surface area is 191 Å². The predicted molar refractivity (Wildman–Crippen MR) is 140 cm³/mol. The van der Waals surface area contributed by atoms with E-state index < -0.39 is 0 Å². The molecule has 0 aliphatic carbocycles. The highest BCUT2D eigenvalue weighted by Gasteiger charge is 2.11. The van der Waals surface area contributed by atoms with Crippen LogP contribution in [0.15, 0.2) is 126 Å². The van der Waals surface area contributed by atoms with Gasteiger partial charge in [-0.1, -0.05) is 91.0 Å². The van der Waals surface area contributed by atoms with Crippen LogP contribution < -0.4 is 0 Å². The second-order valence-electron chi connectivity index (χ2n) is 8.58. The maximum Gasteiger partial charge on any atom is 0.135 e. The van der Waals surface area contributed by atoms with Crippen molar-refractivity contribution in [2.45, 2.75) is 0 Å². The molecule has 0 spiro atoms. The maximum atomic E-state index is 6.03. The summed E-state index contributed by atoms with van der Waals surface area (Å²) in [6, 6.07) is 43.3. The summed E-state index contributed by atoms with van der Waals surface area (Å²) in [7, 11) is 0. The Morgan fingerprint density at radius 3 is 1.94 bits per heavy atom. The highest BCUT2D eigenvalue weighted by Crippen LogP contribution is 2.37. The summed E-state index contributed by atoms with van der Waals surface area (Å²) >= 11 is 0. The van der Waals surface area contributed by atoms with E-state index in [-0.39, 0.29) is 0 Å². The molecule has 0 atom stereocenters. The van der Waals surface area contributed by atoms with Gasteiger partial charge in [0.1, 0.15) is 11.2 Å². The minimum atomic E-state index is 0.927. The third-order valence-electron chi connectivity index (χ3n) is 6.65. The fourth-order valence-electron chi connectivity index (χ4n) is 5.07. The maximum absolute atomic E-state index is 6.03. The zero-order chi connectivity index (χ0) is 21.8. The molecule has 6 aromatic carbocycles. The van der Waals surface area contributed by atoms with Crippen LogP contribution in [0.25, 0.3) is 65.7 Å². The van der Waals surface area contributed by atoms with E-state index in [0.29, 0.717) is 0 Å². The average Bonchev–Trinajstić information content (AvgIpc) is 3.26. The first-order chi connectivity index (χ1) is 16.3. The Morgan fingerprint density at radius 1 is 0.364 bits per heavy atom. The van der Waals surface area contributed by atoms with E-state index in [4.69, 9.17) is 4.42 Å². The summed E-state index contributed by atoms with van der Waals surface area (Å²) in [5.41, 5.74) is 6.75. The van der Waals surface area contributed by atoms with Crippen molar-refractivity contribution < 1.29 is 4.42 Å². The van der Waals surface area contributed by atoms with Crippen LogP contribution in [0.2, 0.25) is 0 Å². The molecule has 0 fully saturated rings. The van der Waals surface area contributed by atoms with Crippen LogP contribution in [0.5, 0.6) is 0 Å². The number of hydrogen-bond acceptors (Lipinski definition) is 1. The van der Waals surface area contributed by atoms with Crippen LogP contribution in [-0.2, 0) is 0 Å². The normalized spacial score (nSPS) is 11.6.